The highest BCUT2D eigenvalue weighted by Crippen LogP contribution is 2.05. The summed E-state index contributed by atoms with van der Waals surface area (Å²) >= 11 is 0. The van der Waals surface area contributed by atoms with E-state index in [4.69, 9.17) is 10.5 Å². The first-order valence-corrected chi connectivity index (χ1v) is 3.35. The number of nitrogens with two attached hydrogens (primary N) is 1. The largest absolute Gasteiger partial charge is 0.440 e. The number of carbonyl (C=O) groups excluding carboxylic acids is 2. The van der Waals surface area contributed by atoms with Crippen LogP contribution in [0.2, 0.25) is 0 Å². The molecule has 1 fully saturated rings. The molecule has 1 heterocycles. The van der Waals surface area contributed by atoms with Crippen molar-refractivity contribution >= 4 is 11.9 Å². The number of amides is 1. The lowest BCUT2D eigenvalue weighted by Crippen LogP contribution is -2.52. The molecule has 0 spiro atoms. The predicted molar refractivity (Wildman–Crippen MR) is 36.3 cm³/mol. The van der Waals surface area contributed by atoms with Crippen molar-refractivity contribution in [1.82, 2.24) is 5.32 Å². The Morgan fingerprint density at radius 3 is 2.82 bits per heavy atom. The molecular formula is C6H10N2O3. The van der Waals surface area contributed by atoms with Crippen LogP contribution < -0.4 is 11.1 Å². The van der Waals surface area contributed by atoms with Crippen molar-refractivity contribution in [2.75, 3.05) is 0 Å². The second kappa shape index (κ2) is 2.87. The zero-order valence-electron chi connectivity index (χ0n) is 6.16. The van der Waals surface area contributed by atoms with E-state index in [0.717, 1.165) is 0 Å². The summed E-state index contributed by atoms with van der Waals surface area (Å²) in [5.41, 5.74) is 5.21. The SMILES string of the molecule is CC(N)C(=O)OC1CC(=O)N1. The Bertz CT molecular complexity index is 182. The summed E-state index contributed by atoms with van der Waals surface area (Å²) < 4.78 is 4.72. The van der Waals surface area contributed by atoms with Crippen molar-refractivity contribution in [3.8, 4) is 0 Å². The number of hydrogen-bond donors (Lipinski definition) is 2. The molecule has 1 rings (SSSR count). The van der Waals surface area contributed by atoms with Gasteiger partial charge in [-0.2, -0.15) is 0 Å². The summed E-state index contributed by atoms with van der Waals surface area (Å²) in [6.45, 7) is 1.53. The fraction of sp³-hybridized carbons (Fsp3) is 0.667. The van der Waals surface area contributed by atoms with Gasteiger partial charge in [0, 0.05) is 0 Å². The molecule has 0 aliphatic carbocycles. The predicted octanol–water partition coefficient (Wildman–Crippen LogP) is -1.28. The van der Waals surface area contributed by atoms with E-state index in [1.165, 1.54) is 6.92 Å². The van der Waals surface area contributed by atoms with E-state index >= 15 is 0 Å². The Kier molecular flexibility index (Phi) is 2.09. The molecule has 11 heavy (non-hydrogen) atoms. The molecule has 5 heteroatoms. The van der Waals surface area contributed by atoms with E-state index in [-0.39, 0.29) is 12.3 Å². The number of hydrogen-bond acceptors (Lipinski definition) is 4. The average molecular weight is 158 g/mol. The molecule has 1 saturated heterocycles. The first-order chi connectivity index (χ1) is 5.09. The molecule has 2 unspecified atom stereocenters. The van der Waals surface area contributed by atoms with Gasteiger partial charge in [0.05, 0.1) is 6.42 Å². The third-order valence-electron chi connectivity index (χ3n) is 1.32. The van der Waals surface area contributed by atoms with Gasteiger partial charge in [0.25, 0.3) is 0 Å². The van der Waals surface area contributed by atoms with Gasteiger partial charge >= 0.3 is 5.97 Å². The summed E-state index contributed by atoms with van der Waals surface area (Å²) in [7, 11) is 0. The minimum absolute atomic E-state index is 0.104. The molecule has 0 aromatic carbocycles. The van der Waals surface area contributed by atoms with Gasteiger partial charge in [-0.3, -0.25) is 9.59 Å². The van der Waals surface area contributed by atoms with Gasteiger partial charge in [-0.1, -0.05) is 0 Å². The summed E-state index contributed by atoms with van der Waals surface area (Å²) in [6, 6.07) is -0.632. The number of carbonyl (C=O) groups is 2. The second-order valence-electron chi connectivity index (χ2n) is 2.49. The molecular weight excluding hydrogens is 148 g/mol. The summed E-state index contributed by atoms with van der Waals surface area (Å²) in [5.74, 6) is -0.595. The zero-order chi connectivity index (χ0) is 8.43. The fourth-order valence-corrected chi connectivity index (χ4v) is 0.645. The zero-order valence-corrected chi connectivity index (χ0v) is 6.16. The quantitative estimate of drug-likeness (QED) is 0.387. The Hall–Kier alpha value is -1.10. The number of rotatable bonds is 2. The Balaban J connectivity index is 2.22. The molecule has 1 amide bonds. The van der Waals surface area contributed by atoms with Crippen molar-refractivity contribution in [3.63, 3.8) is 0 Å². The highest BCUT2D eigenvalue weighted by Gasteiger charge is 2.29. The lowest BCUT2D eigenvalue weighted by atomic mass is 10.2. The average Bonchev–Trinajstić information content (AvgIpc) is 1.84. The van der Waals surface area contributed by atoms with E-state index in [1.807, 2.05) is 0 Å². The number of nitrogens with one attached hydrogen (secondary N) is 1. The second-order valence-corrected chi connectivity index (χ2v) is 2.49. The first kappa shape index (κ1) is 8.00. The highest BCUT2D eigenvalue weighted by atomic mass is 16.6. The number of β-lactam (4-membered cyclic amide) rings is 1. The van der Waals surface area contributed by atoms with Crippen molar-refractivity contribution < 1.29 is 14.3 Å². The molecule has 2 atom stereocenters. The Morgan fingerprint density at radius 1 is 1.91 bits per heavy atom. The van der Waals surface area contributed by atoms with Crippen LogP contribution in [0, 0.1) is 0 Å². The third kappa shape index (κ3) is 1.91. The highest BCUT2D eigenvalue weighted by molar-refractivity contribution is 5.84. The molecule has 0 saturated carbocycles. The maximum atomic E-state index is 10.8. The lowest BCUT2D eigenvalue weighted by molar-refractivity contribution is -0.161. The Labute approximate surface area is 63.9 Å². The molecule has 0 radical (unpaired) electrons. The van der Waals surface area contributed by atoms with E-state index in [1.54, 1.807) is 0 Å². The normalized spacial score (nSPS) is 24.9. The van der Waals surface area contributed by atoms with Crippen LogP contribution in [0.15, 0.2) is 0 Å². The molecule has 1 aliphatic heterocycles. The van der Waals surface area contributed by atoms with Crippen molar-refractivity contribution in [2.24, 2.45) is 5.73 Å². The van der Waals surface area contributed by atoms with Crippen molar-refractivity contribution in [3.05, 3.63) is 0 Å². The van der Waals surface area contributed by atoms with Gasteiger partial charge in [-0.25, -0.2) is 0 Å². The van der Waals surface area contributed by atoms with Gasteiger partial charge in [-0.05, 0) is 6.92 Å². The molecule has 0 aromatic rings. The summed E-state index contributed by atoms with van der Waals surface area (Å²) in [6.07, 6.45) is -0.209. The van der Waals surface area contributed by atoms with Gasteiger partial charge in [0.1, 0.15) is 6.04 Å². The van der Waals surface area contributed by atoms with Crippen LogP contribution in [0.25, 0.3) is 0 Å². The molecule has 0 aromatic heterocycles. The van der Waals surface area contributed by atoms with Crippen LogP contribution >= 0.6 is 0 Å². The molecule has 0 bridgehead atoms. The lowest BCUT2D eigenvalue weighted by Gasteiger charge is -2.26. The topological polar surface area (TPSA) is 81.4 Å². The Morgan fingerprint density at radius 2 is 2.45 bits per heavy atom. The monoisotopic (exact) mass is 158 g/mol. The van der Waals surface area contributed by atoms with Crippen LogP contribution in [-0.4, -0.2) is 24.1 Å². The van der Waals surface area contributed by atoms with Gasteiger partial charge in [0.15, 0.2) is 6.23 Å². The van der Waals surface area contributed by atoms with Gasteiger partial charge in [-0.15, -0.1) is 0 Å². The van der Waals surface area contributed by atoms with Gasteiger partial charge in [0.2, 0.25) is 5.91 Å². The summed E-state index contributed by atoms with van der Waals surface area (Å²) in [4.78, 5) is 21.1. The van der Waals surface area contributed by atoms with Crippen LogP contribution in [0.4, 0.5) is 0 Å². The molecule has 3 N–H and O–H groups in total. The van der Waals surface area contributed by atoms with E-state index in [2.05, 4.69) is 5.32 Å². The van der Waals surface area contributed by atoms with Crippen LogP contribution in [0.5, 0.6) is 0 Å². The minimum Gasteiger partial charge on any atom is -0.440 e. The molecule has 62 valence electrons. The minimum atomic E-state index is -0.632. The van der Waals surface area contributed by atoms with Crippen LogP contribution in [-0.2, 0) is 14.3 Å². The van der Waals surface area contributed by atoms with Crippen molar-refractivity contribution in [1.29, 1.82) is 0 Å². The van der Waals surface area contributed by atoms with Crippen molar-refractivity contribution in [2.45, 2.75) is 25.6 Å². The maximum absolute atomic E-state index is 10.8. The third-order valence-corrected chi connectivity index (χ3v) is 1.32. The van der Waals surface area contributed by atoms with Crippen LogP contribution in [0.3, 0.4) is 0 Å². The number of ether oxygens (including phenoxy) is 1. The summed E-state index contributed by atoms with van der Waals surface area (Å²) in [5, 5.41) is 2.39. The first-order valence-electron chi connectivity index (χ1n) is 3.35. The van der Waals surface area contributed by atoms with E-state index in [9.17, 15) is 9.59 Å². The van der Waals surface area contributed by atoms with Gasteiger partial charge < -0.3 is 15.8 Å². The van der Waals surface area contributed by atoms with E-state index < -0.39 is 18.2 Å². The standard InChI is InChI=1S/C6H10N2O3/c1-3(7)6(10)11-5-2-4(9)8-5/h3,5H,2,7H2,1H3,(H,8,9). The fourth-order valence-electron chi connectivity index (χ4n) is 0.645. The maximum Gasteiger partial charge on any atom is 0.324 e. The van der Waals surface area contributed by atoms with E-state index in [0.29, 0.717) is 0 Å². The smallest absolute Gasteiger partial charge is 0.324 e. The van der Waals surface area contributed by atoms with Crippen LogP contribution in [0.1, 0.15) is 13.3 Å². The number of esters is 1. The molecule has 5 nitrogen and oxygen atoms in total. The molecule has 1 aliphatic rings.